The van der Waals surface area contributed by atoms with Gasteiger partial charge in [0.2, 0.25) is 5.91 Å². The quantitative estimate of drug-likeness (QED) is 0.649. The Kier molecular flexibility index (Phi) is 7.32. The van der Waals surface area contributed by atoms with Gasteiger partial charge >= 0.3 is 0 Å². The van der Waals surface area contributed by atoms with Gasteiger partial charge in [-0.25, -0.2) is 4.39 Å². The van der Waals surface area contributed by atoms with Gasteiger partial charge in [-0.1, -0.05) is 12.1 Å². The third-order valence-electron chi connectivity index (χ3n) is 6.03. The maximum atomic E-state index is 13.9. The van der Waals surface area contributed by atoms with E-state index in [1.807, 2.05) is 38.7 Å². The van der Waals surface area contributed by atoms with Crippen molar-refractivity contribution in [3.8, 4) is 0 Å². The van der Waals surface area contributed by atoms with Crippen LogP contribution in [-0.2, 0) is 16.1 Å². The van der Waals surface area contributed by atoms with Crippen molar-refractivity contribution in [2.24, 2.45) is 5.92 Å². The predicted octanol–water partition coefficient (Wildman–Crippen LogP) is 4.13. The van der Waals surface area contributed by atoms with Gasteiger partial charge in [0.1, 0.15) is 23.9 Å². The number of aryl methyl sites for hydroxylation is 2. The number of methoxy groups -OCH3 is 1. The molecular weight excluding hydrogens is 383 g/mol. The van der Waals surface area contributed by atoms with Crippen molar-refractivity contribution in [2.75, 3.05) is 33.4 Å². The molecule has 1 aliphatic rings. The van der Waals surface area contributed by atoms with E-state index in [1.165, 1.54) is 13.2 Å². The summed E-state index contributed by atoms with van der Waals surface area (Å²) in [6.07, 6.45) is 0. The molecule has 2 heterocycles. The lowest BCUT2D eigenvalue weighted by Crippen LogP contribution is -2.43. The smallest absolute Gasteiger partial charge is 0.248 e. The Bertz CT molecular complexity index is 844. The average Bonchev–Trinajstić information content (AvgIpc) is 3.22. The van der Waals surface area contributed by atoms with E-state index in [9.17, 15) is 9.18 Å². The van der Waals surface area contributed by atoms with Crippen LogP contribution in [0, 0.1) is 25.6 Å². The minimum atomic E-state index is -0.224. The van der Waals surface area contributed by atoms with Crippen LogP contribution in [-0.4, -0.2) is 55.1 Å². The van der Waals surface area contributed by atoms with Gasteiger partial charge in [-0.2, -0.15) is 0 Å². The number of hydrogen-bond acceptors (Lipinski definition) is 4. The van der Waals surface area contributed by atoms with Crippen LogP contribution in [0.1, 0.15) is 42.4 Å². The van der Waals surface area contributed by atoms with Crippen molar-refractivity contribution in [3.63, 3.8) is 0 Å². The molecule has 1 aromatic carbocycles. The van der Waals surface area contributed by atoms with Gasteiger partial charge in [0.25, 0.3) is 0 Å². The number of ether oxygens (including phenoxy) is 1. The fourth-order valence-electron chi connectivity index (χ4n) is 4.40. The van der Waals surface area contributed by atoms with Gasteiger partial charge in [0, 0.05) is 38.7 Å². The van der Waals surface area contributed by atoms with Crippen molar-refractivity contribution in [1.82, 2.24) is 9.80 Å². The van der Waals surface area contributed by atoms with Crippen molar-refractivity contribution in [3.05, 3.63) is 58.8 Å². The summed E-state index contributed by atoms with van der Waals surface area (Å²) in [6.45, 7) is 11.1. The number of likely N-dealkylation sites (tertiary alicyclic amines) is 1. The van der Waals surface area contributed by atoms with Crippen molar-refractivity contribution >= 4 is 5.91 Å². The first-order valence-corrected chi connectivity index (χ1v) is 10.6. The van der Waals surface area contributed by atoms with E-state index in [4.69, 9.17) is 9.15 Å². The number of hydrogen-bond donors (Lipinski definition) is 0. The average molecular weight is 417 g/mol. The topological polar surface area (TPSA) is 45.9 Å². The number of carbonyl (C=O) groups excluding carboxylic acids is 1. The lowest BCUT2D eigenvalue weighted by atomic mass is 9.88. The van der Waals surface area contributed by atoms with Crippen LogP contribution in [0.5, 0.6) is 0 Å². The Morgan fingerprint density at radius 1 is 1.30 bits per heavy atom. The van der Waals surface area contributed by atoms with E-state index in [0.717, 1.165) is 35.7 Å². The Balaban J connectivity index is 1.82. The van der Waals surface area contributed by atoms with E-state index >= 15 is 0 Å². The Hall–Kier alpha value is -2.18. The summed E-state index contributed by atoms with van der Waals surface area (Å²) in [5.74, 6) is 2.00. The molecular formula is C24H33FN2O3. The van der Waals surface area contributed by atoms with Crippen LogP contribution in [0.25, 0.3) is 0 Å². The first kappa shape index (κ1) is 22.5. The summed E-state index contributed by atoms with van der Waals surface area (Å²) in [4.78, 5) is 16.8. The zero-order valence-corrected chi connectivity index (χ0v) is 18.7. The molecule has 1 saturated heterocycles. The molecule has 2 atom stereocenters. The second kappa shape index (κ2) is 9.75. The maximum Gasteiger partial charge on any atom is 0.248 e. The molecule has 0 radical (unpaired) electrons. The first-order chi connectivity index (χ1) is 14.3. The third kappa shape index (κ3) is 5.29. The summed E-state index contributed by atoms with van der Waals surface area (Å²) in [5, 5.41) is 0. The summed E-state index contributed by atoms with van der Waals surface area (Å²) in [7, 11) is 1.54. The normalized spacial score (nSPS) is 19.6. The molecule has 1 aliphatic heterocycles. The molecule has 2 unspecified atom stereocenters. The molecule has 0 aliphatic carbocycles. The monoisotopic (exact) mass is 416 g/mol. The van der Waals surface area contributed by atoms with Gasteiger partial charge in [-0.3, -0.25) is 9.69 Å². The van der Waals surface area contributed by atoms with Crippen LogP contribution in [0.3, 0.4) is 0 Å². The second-order valence-electron chi connectivity index (χ2n) is 8.64. The highest BCUT2D eigenvalue weighted by Gasteiger charge is 2.36. The van der Waals surface area contributed by atoms with Crippen molar-refractivity contribution in [2.45, 2.75) is 46.2 Å². The van der Waals surface area contributed by atoms with Crippen molar-refractivity contribution in [1.29, 1.82) is 0 Å². The Morgan fingerprint density at radius 3 is 2.67 bits per heavy atom. The molecule has 2 aromatic rings. The molecule has 3 rings (SSSR count). The molecule has 1 fully saturated rings. The van der Waals surface area contributed by atoms with Gasteiger partial charge in [0.05, 0.1) is 6.54 Å². The standard InChI is InChI=1S/C24H33FN2O3/c1-16(2)27(24(28)15-29-5)12-20-11-26(13-22-9-17(3)18(4)30-22)14-23(20)19-7-6-8-21(25)10-19/h6-10,16,20,23H,11-15H2,1-5H3. The number of rotatable bonds is 8. The molecule has 5 nitrogen and oxygen atoms in total. The second-order valence-corrected chi connectivity index (χ2v) is 8.64. The van der Waals surface area contributed by atoms with Crippen LogP contribution in [0.2, 0.25) is 0 Å². The lowest BCUT2D eigenvalue weighted by molar-refractivity contribution is -0.137. The first-order valence-electron chi connectivity index (χ1n) is 10.6. The fourth-order valence-corrected chi connectivity index (χ4v) is 4.40. The van der Waals surface area contributed by atoms with E-state index in [1.54, 1.807) is 12.1 Å². The van der Waals surface area contributed by atoms with Gasteiger partial charge < -0.3 is 14.1 Å². The number of nitrogens with zero attached hydrogens (tertiary/aromatic N) is 2. The Morgan fingerprint density at radius 2 is 2.07 bits per heavy atom. The molecule has 164 valence electrons. The molecule has 1 amide bonds. The lowest BCUT2D eigenvalue weighted by Gasteiger charge is -2.31. The summed E-state index contributed by atoms with van der Waals surface area (Å²) in [5.41, 5.74) is 2.13. The fraction of sp³-hybridized carbons (Fsp3) is 0.542. The summed E-state index contributed by atoms with van der Waals surface area (Å²) < 4.78 is 24.9. The highest BCUT2D eigenvalue weighted by atomic mass is 19.1. The predicted molar refractivity (Wildman–Crippen MR) is 115 cm³/mol. The van der Waals surface area contributed by atoms with Crippen LogP contribution in [0.4, 0.5) is 4.39 Å². The number of amides is 1. The zero-order chi connectivity index (χ0) is 21.8. The molecule has 6 heteroatoms. The van der Waals surface area contributed by atoms with Crippen LogP contribution >= 0.6 is 0 Å². The van der Waals surface area contributed by atoms with Gasteiger partial charge in [0.15, 0.2) is 0 Å². The number of benzene rings is 1. The SMILES string of the molecule is COCC(=O)N(CC1CN(Cc2cc(C)c(C)o2)CC1c1cccc(F)c1)C(C)C. The zero-order valence-electron chi connectivity index (χ0n) is 18.7. The molecule has 0 saturated carbocycles. The molecule has 1 aromatic heterocycles. The largest absolute Gasteiger partial charge is 0.465 e. The van der Waals surface area contributed by atoms with Crippen molar-refractivity contribution < 1.29 is 18.3 Å². The van der Waals surface area contributed by atoms with E-state index < -0.39 is 0 Å². The highest BCUT2D eigenvalue weighted by Crippen LogP contribution is 2.35. The minimum absolute atomic E-state index is 0.0128. The number of furan rings is 1. The van der Waals surface area contributed by atoms with E-state index in [2.05, 4.69) is 11.0 Å². The maximum absolute atomic E-state index is 13.9. The molecule has 0 N–H and O–H groups in total. The number of halogens is 1. The van der Waals surface area contributed by atoms with Gasteiger partial charge in [-0.15, -0.1) is 0 Å². The summed E-state index contributed by atoms with van der Waals surface area (Å²) >= 11 is 0. The molecule has 0 bridgehead atoms. The molecule has 30 heavy (non-hydrogen) atoms. The van der Waals surface area contributed by atoms with Crippen LogP contribution < -0.4 is 0 Å². The van der Waals surface area contributed by atoms with E-state index in [0.29, 0.717) is 13.1 Å². The highest BCUT2D eigenvalue weighted by molar-refractivity contribution is 5.77. The summed E-state index contributed by atoms with van der Waals surface area (Å²) in [6, 6.07) is 9.01. The number of carbonyl (C=O) groups is 1. The molecule has 0 spiro atoms. The third-order valence-corrected chi connectivity index (χ3v) is 6.03. The van der Waals surface area contributed by atoms with Gasteiger partial charge in [-0.05, 0) is 62.9 Å². The Labute approximate surface area is 178 Å². The van der Waals surface area contributed by atoms with E-state index in [-0.39, 0.29) is 36.2 Å². The minimum Gasteiger partial charge on any atom is -0.465 e. The van der Waals surface area contributed by atoms with Crippen LogP contribution in [0.15, 0.2) is 34.7 Å².